The maximum absolute atomic E-state index is 12.6. The van der Waals surface area contributed by atoms with Gasteiger partial charge in [0.15, 0.2) is 0 Å². The normalized spacial score (nSPS) is 23.0. The van der Waals surface area contributed by atoms with Crippen molar-refractivity contribution in [1.82, 2.24) is 9.80 Å². The van der Waals surface area contributed by atoms with Crippen LogP contribution >= 0.6 is 11.6 Å². The summed E-state index contributed by atoms with van der Waals surface area (Å²) in [6.07, 6.45) is 2.18. The van der Waals surface area contributed by atoms with Crippen molar-refractivity contribution in [1.29, 1.82) is 0 Å². The third kappa shape index (κ3) is 3.81. The SMILES string of the molecule is CC(C)N1CCC[C@@H](C(=O)N2CC(Oc3ccccc3Cl)C2)C1. The molecule has 0 aliphatic carbocycles. The van der Waals surface area contributed by atoms with Crippen LogP contribution in [0, 0.1) is 5.92 Å². The van der Waals surface area contributed by atoms with Crippen LogP contribution in [0.2, 0.25) is 5.02 Å². The highest BCUT2D eigenvalue weighted by atomic mass is 35.5. The molecule has 5 heteroatoms. The van der Waals surface area contributed by atoms with E-state index in [0.717, 1.165) is 25.9 Å². The lowest BCUT2D eigenvalue weighted by atomic mass is 9.94. The second-order valence-electron chi connectivity index (χ2n) is 6.84. The molecular formula is C18H25ClN2O2. The number of nitrogens with zero attached hydrogens (tertiary/aromatic N) is 2. The molecule has 2 fully saturated rings. The van der Waals surface area contributed by atoms with Gasteiger partial charge in [-0.25, -0.2) is 0 Å². The summed E-state index contributed by atoms with van der Waals surface area (Å²) in [6.45, 7) is 7.74. The first-order valence-corrected chi connectivity index (χ1v) is 8.86. The molecule has 23 heavy (non-hydrogen) atoms. The molecule has 2 aliphatic heterocycles. The summed E-state index contributed by atoms with van der Waals surface area (Å²) in [5.74, 6) is 1.14. The molecule has 0 aromatic heterocycles. The molecule has 4 nitrogen and oxygen atoms in total. The van der Waals surface area contributed by atoms with E-state index in [2.05, 4.69) is 18.7 Å². The van der Waals surface area contributed by atoms with E-state index in [-0.39, 0.29) is 17.9 Å². The Kier molecular flexibility index (Phi) is 5.12. The van der Waals surface area contributed by atoms with Gasteiger partial charge >= 0.3 is 0 Å². The fraction of sp³-hybridized carbons (Fsp3) is 0.611. The smallest absolute Gasteiger partial charge is 0.227 e. The third-order valence-electron chi connectivity index (χ3n) is 4.82. The van der Waals surface area contributed by atoms with Crippen molar-refractivity contribution in [3.63, 3.8) is 0 Å². The fourth-order valence-electron chi connectivity index (χ4n) is 3.35. The van der Waals surface area contributed by atoms with Crippen LogP contribution in [0.25, 0.3) is 0 Å². The molecule has 1 atom stereocenters. The molecule has 0 N–H and O–H groups in total. The van der Waals surface area contributed by atoms with Crippen LogP contribution in [0.3, 0.4) is 0 Å². The fourth-order valence-corrected chi connectivity index (χ4v) is 3.53. The number of halogens is 1. The van der Waals surface area contributed by atoms with Gasteiger partial charge in [-0.2, -0.15) is 0 Å². The Bertz CT molecular complexity index is 558. The van der Waals surface area contributed by atoms with Crippen molar-refractivity contribution in [3.05, 3.63) is 29.3 Å². The molecule has 0 bridgehead atoms. The number of rotatable bonds is 4. The van der Waals surface area contributed by atoms with Gasteiger partial charge in [-0.1, -0.05) is 23.7 Å². The first-order chi connectivity index (χ1) is 11.0. The molecule has 0 saturated carbocycles. The zero-order valence-corrected chi connectivity index (χ0v) is 14.6. The van der Waals surface area contributed by atoms with Crippen LogP contribution in [0.1, 0.15) is 26.7 Å². The molecule has 2 aliphatic rings. The number of piperidine rings is 1. The van der Waals surface area contributed by atoms with Gasteiger partial charge in [0.05, 0.1) is 24.0 Å². The van der Waals surface area contributed by atoms with E-state index in [1.807, 2.05) is 29.2 Å². The Morgan fingerprint density at radius 3 is 2.70 bits per heavy atom. The van der Waals surface area contributed by atoms with Crippen molar-refractivity contribution in [3.8, 4) is 5.75 Å². The molecule has 2 heterocycles. The number of hydrogen-bond donors (Lipinski definition) is 0. The Morgan fingerprint density at radius 1 is 1.26 bits per heavy atom. The number of hydrogen-bond acceptors (Lipinski definition) is 3. The standard InChI is InChI=1S/C18H25ClN2O2/c1-13(2)20-9-5-6-14(10-20)18(22)21-11-15(12-21)23-17-8-4-3-7-16(17)19/h3-4,7-8,13-15H,5-6,9-12H2,1-2H3/t14-/m1/s1. The van der Waals surface area contributed by atoms with E-state index in [4.69, 9.17) is 16.3 Å². The maximum atomic E-state index is 12.6. The van der Waals surface area contributed by atoms with Gasteiger partial charge in [0.1, 0.15) is 11.9 Å². The van der Waals surface area contributed by atoms with Gasteiger partial charge < -0.3 is 14.5 Å². The lowest BCUT2D eigenvalue weighted by Crippen LogP contribution is -2.59. The molecule has 1 aromatic rings. The molecule has 2 saturated heterocycles. The summed E-state index contributed by atoms with van der Waals surface area (Å²) in [4.78, 5) is 17.0. The van der Waals surface area contributed by atoms with Gasteiger partial charge in [-0.3, -0.25) is 4.79 Å². The zero-order valence-electron chi connectivity index (χ0n) is 13.9. The number of amides is 1. The molecule has 1 amide bonds. The van der Waals surface area contributed by atoms with E-state index >= 15 is 0 Å². The Hall–Kier alpha value is -1.26. The average molecular weight is 337 g/mol. The van der Waals surface area contributed by atoms with Crippen LogP contribution in [-0.2, 0) is 4.79 Å². The van der Waals surface area contributed by atoms with Crippen LogP contribution in [0.15, 0.2) is 24.3 Å². The van der Waals surface area contributed by atoms with E-state index < -0.39 is 0 Å². The summed E-state index contributed by atoms with van der Waals surface area (Å²) >= 11 is 6.10. The number of para-hydroxylation sites is 1. The van der Waals surface area contributed by atoms with E-state index in [9.17, 15) is 4.79 Å². The quantitative estimate of drug-likeness (QED) is 0.847. The molecule has 3 rings (SSSR count). The minimum absolute atomic E-state index is 0.0589. The number of carbonyl (C=O) groups is 1. The minimum atomic E-state index is 0.0589. The number of ether oxygens (including phenoxy) is 1. The van der Waals surface area contributed by atoms with Crippen molar-refractivity contribution in [2.75, 3.05) is 26.2 Å². The monoisotopic (exact) mass is 336 g/mol. The van der Waals surface area contributed by atoms with Gasteiger partial charge in [0.25, 0.3) is 0 Å². The number of benzene rings is 1. The van der Waals surface area contributed by atoms with Crippen LogP contribution in [0.4, 0.5) is 0 Å². The first kappa shape index (κ1) is 16.6. The van der Waals surface area contributed by atoms with Crippen molar-refractivity contribution < 1.29 is 9.53 Å². The van der Waals surface area contributed by atoms with E-state index in [1.165, 1.54) is 0 Å². The molecule has 0 spiro atoms. The molecule has 1 aromatic carbocycles. The highest BCUT2D eigenvalue weighted by molar-refractivity contribution is 6.32. The van der Waals surface area contributed by atoms with Crippen molar-refractivity contribution in [2.45, 2.75) is 38.8 Å². The Morgan fingerprint density at radius 2 is 2.00 bits per heavy atom. The highest BCUT2D eigenvalue weighted by Gasteiger charge is 2.37. The van der Waals surface area contributed by atoms with Crippen molar-refractivity contribution in [2.24, 2.45) is 5.92 Å². The predicted molar refractivity (Wildman–Crippen MR) is 91.9 cm³/mol. The predicted octanol–water partition coefficient (Wildman–Crippen LogP) is 3.05. The summed E-state index contributed by atoms with van der Waals surface area (Å²) in [7, 11) is 0. The Labute approximate surface area is 143 Å². The lowest BCUT2D eigenvalue weighted by molar-refractivity contribution is -0.146. The van der Waals surface area contributed by atoms with Crippen LogP contribution in [-0.4, -0.2) is 54.0 Å². The third-order valence-corrected chi connectivity index (χ3v) is 5.13. The molecule has 0 radical (unpaired) electrons. The molecular weight excluding hydrogens is 312 g/mol. The van der Waals surface area contributed by atoms with Gasteiger partial charge in [0, 0.05) is 12.6 Å². The number of likely N-dealkylation sites (tertiary alicyclic amines) is 2. The van der Waals surface area contributed by atoms with Gasteiger partial charge in [-0.15, -0.1) is 0 Å². The second-order valence-corrected chi connectivity index (χ2v) is 7.25. The lowest BCUT2D eigenvalue weighted by Gasteiger charge is -2.43. The largest absolute Gasteiger partial charge is 0.485 e. The molecule has 126 valence electrons. The van der Waals surface area contributed by atoms with Crippen LogP contribution < -0.4 is 4.74 Å². The second kappa shape index (κ2) is 7.10. The first-order valence-electron chi connectivity index (χ1n) is 8.48. The topological polar surface area (TPSA) is 32.8 Å². The van der Waals surface area contributed by atoms with Crippen molar-refractivity contribution >= 4 is 17.5 Å². The number of carbonyl (C=O) groups excluding carboxylic acids is 1. The summed E-state index contributed by atoms with van der Waals surface area (Å²) < 4.78 is 5.87. The highest BCUT2D eigenvalue weighted by Crippen LogP contribution is 2.28. The van der Waals surface area contributed by atoms with E-state index in [0.29, 0.717) is 29.9 Å². The van der Waals surface area contributed by atoms with Gasteiger partial charge in [-0.05, 0) is 45.4 Å². The van der Waals surface area contributed by atoms with Gasteiger partial charge in [0.2, 0.25) is 5.91 Å². The summed E-state index contributed by atoms with van der Waals surface area (Å²) in [6, 6.07) is 7.99. The average Bonchev–Trinajstić information content (AvgIpc) is 2.51. The maximum Gasteiger partial charge on any atom is 0.227 e. The Balaban J connectivity index is 1.49. The van der Waals surface area contributed by atoms with Crippen LogP contribution in [0.5, 0.6) is 5.75 Å². The van der Waals surface area contributed by atoms with E-state index in [1.54, 1.807) is 0 Å². The zero-order chi connectivity index (χ0) is 16.4. The summed E-state index contributed by atoms with van der Waals surface area (Å²) in [5, 5.41) is 0.622. The molecule has 0 unspecified atom stereocenters. The minimum Gasteiger partial charge on any atom is -0.485 e. The summed E-state index contributed by atoms with van der Waals surface area (Å²) in [5.41, 5.74) is 0.